The highest BCUT2D eigenvalue weighted by Crippen LogP contribution is 2.31. The second kappa shape index (κ2) is 6.48. The lowest BCUT2D eigenvalue weighted by Gasteiger charge is -2.10. The van der Waals surface area contributed by atoms with Gasteiger partial charge in [0, 0.05) is 10.9 Å². The van der Waals surface area contributed by atoms with Crippen molar-refractivity contribution >= 4 is 22.8 Å². The number of ether oxygens (including phenoxy) is 1. The maximum absolute atomic E-state index is 12.5. The summed E-state index contributed by atoms with van der Waals surface area (Å²) in [5.74, 6) is 0.0459. The minimum Gasteiger partial charge on any atom is -0.490 e. The maximum atomic E-state index is 12.5. The third-order valence-electron chi connectivity index (χ3n) is 4.13. The van der Waals surface area contributed by atoms with Gasteiger partial charge in [0.05, 0.1) is 22.9 Å². The second-order valence-electron chi connectivity index (χ2n) is 6.26. The van der Waals surface area contributed by atoms with E-state index in [-0.39, 0.29) is 5.96 Å². The van der Waals surface area contributed by atoms with Gasteiger partial charge in [0.1, 0.15) is 5.75 Å². The van der Waals surface area contributed by atoms with Crippen molar-refractivity contribution < 1.29 is 9.53 Å². The lowest BCUT2D eigenvalue weighted by molar-refractivity contribution is 0.100. The van der Waals surface area contributed by atoms with Crippen LogP contribution in [0.25, 0.3) is 22.2 Å². The summed E-state index contributed by atoms with van der Waals surface area (Å²) in [6.45, 7) is 0. The van der Waals surface area contributed by atoms with E-state index in [2.05, 4.69) is 9.98 Å². The summed E-state index contributed by atoms with van der Waals surface area (Å²) in [7, 11) is 0. The molecule has 26 heavy (non-hydrogen) atoms. The smallest absolute Gasteiger partial charge is 0.280 e. The number of guanidine groups is 1. The van der Waals surface area contributed by atoms with E-state index in [0.29, 0.717) is 28.3 Å². The highest BCUT2D eigenvalue weighted by Gasteiger charge is 2.23. The quantitative estimate of drug-likeness (QED) is 0.558. The molecule has 2 aromatic carbocycles. The van der Waals surface area contributed by atoms with Crippen molar-refractivity contribution in [2.24, 2.45) is 16.5 Å². The van der Waals surface area contributed by atoms with E-state index in [1.165, 1.54) is 0 Å². The molecule has 0 spiro atoms. The molecule has 1 aliphatic carbocycles. The van der Waals surface area contributed by atoms with Gasteiger partial charge in [0.15, 0.2) is 5.96 Å². The van der Waals surface area contributed by atoms with Crippen LogP contribution in [-0.2, 0) is 0 Å². The van der Waals surface area contributed by atoms with Gasteiger partial charge in [-0.2, -0.15) is 4.99 Å². The van der Waals surface area contributed by atoms with Crippen LogP contribution in [0.5, 0.6) is 5.75 Å². The van der Waals surface area contributed by atoms with Gasteiger partial charge in [-0.1, -0.05) is 30.3 Å². The average molecular weight is 346 g/mol. The minimum atomic E-state index is -0.491. The third kappa shape index (κ3) is 3.35. The molecule has 6 heteroatoms. The number of carbonyl (C=O) groups is 1. The Balaban J connectivity index is 1.83. The van der Waals surface area contributed by atoms with Crippen LogP contribution in [0.15, 0.2) is 59.6 Å². The largest absolute Gasteiger partial charge is 0.490 e. The summed E-state index contributed by atoms with van der Waals surface area (Å²) in [4.78, 5) is 20.8. The molecular weight excluding hydrogens is 328 g/mol. The van der Waals surface area contributed by atoms with E-state index in [4.69, 9.17) is 16.2 Å². The number of para-hydroxylation sites is 1. The lowest BCUT2D eigenvalue weighted by atomic mass is 10.0. The fourth-order valence-corrected chi connectivity index (χ4v) is 2.78. The van der Waals surface area contributed by atoms with E-state index >= 15 is 0 Å². The number of aliphatic imine (C=N–C) groups is 1. The van der Waals surface area contributed by atoms with Crippen molar-refractivity contribution in [3.63, 3.8) is 0 Å². The first-order valence-electron chi connectivity index (χ1n) is 8.41. The molecule has 1 fully saturated rings. The van der Waals surface area contributed by atoms with Crippen molar-refractivity contribution in [3.8, 4) is 17.0 Å². The van der Waals surface area contributed by atoms with Crippen molar-refractivity contribution in [1.29, 1.82) is 0 Å². The van der Waals surface area contributed by atoms with Crippen molar-refractivity contribution in [2.45, 2.75) is 18.9 Å². The molecule has 1 amide bonds. The van der Waals surface area contributed by atoms with Gasteiger partial charge in [0.25, 0.3) is 5.91 Å². The molecule has 0 atom stereocenters. The van der Waals surface area contributed by atoms with Gasteiger partial charge in [-0.3, -0.25) is 4.79 Å². The van der Waals surface area contributed by atoms with Crippen LogP contribution in [0.4, 0.5) is 0 Å². The highest BCUT2D eigenvalue weighted by atomic mass is 16.5. The molecule has 3 aromatic rings. The number of hydrogen-bond donors (Lipinski definition) is 2. The Hall–Kier alpha value is -3.41. The Labute approximate surface area is 150 Å². The molecule has 0 bridgehead atoms. The van der Waals surface area contributed by atoms with Crippen LogP contribution >= 0.6 is 0 Å². The summed E-state index contributed by atoms with van der Waals surface area (Å²) >= 11 is 0. The summed E-state index contributed by atoms with van der Waals surface area (Å²) < 4.78 is 5.86. The van der Waals surface area contributed by atoms with Crippen molar-refractivity contribution in [1.82, 2.24) is 4.98 Å². The molecule has 130 valence electrons. The summed E-state index contributed by atoms with van der Waals surface area (Å²) in [6.07, 6.45) is 2.50. The molecule has 1 aliphatic rings. The maximum Gasteiger partial charge on any atom is 0.280 e. The van der Waals surface area contributed by atoms with Gasteiger partial charge in [-0.25, -0.2) is 4.98 Å². The minimum absolute atomic E-state index is 0.266. The standard InChI is InChI=1S/C20H18N4O2/c21-20(22)24-19(25)16-11-18(23-17-7-2-1-6-15(16)17)12-4-3-5-14(10-12)26-13-8-9-13/h1-7,10-11,13H,8-9H2,(H4,21,22,24,25). The first-order valence-corrected chi connectivity index (χ1v) is 8.41. The third-order valence-corrected chi connectivity index (χ3v) is 4.13. The number of carbonyl (C=O) groups excluding carboxylic acids is 1. The molecule has 1 heterocycles. The van der Waals surface area contributed by atoms with Gasteiger partial charge < -0.3 is 16.2 Å². The zero-order valence-corrected chi connectivity index (χ0v) is 14.1. The number of rotatable bonds is 4. The Bertz CT molecular complexity index is 1020. The topological polar surface area (TPSA) is 104 Å². The summed E-state index contributed by atoms with van der Waals surface area (Å²) in [5.41, 5.74) is 13.4. The fraction of sp³-hybridized carbons (Fsp3) is 0.150. The first kappa shape index (κ1) is 16.1. The molecule has 1 saturated carbocycles. The van der Waals surface area contributed by atoms with E-state index < -0.39 is 5.91 Å². The van der Waals surface area contributed by atoms with Crippen LogP contribution < -0.4 is 16.2 Å². The van der Waals surface area contributed by atoms with Gasteiger partial charge >= 0.3 is 0 Å². The summed E-state index contributed by atoms with van der Waals surface area (Å²) in [6, 6.07) is 16.8. The number of aromatic nitrogens is 1. The molecule has 0 radical (unpaired) electrons. The number of fused-ring (bicyclic) bond motifs is 1. The molecule has 1 aromatic heterocycles. The van der Waals surface area contributed by atoms with Crippen LogP contribution in [0, 0.1) is 0 Å². The number of nitrogens with two attached hydrogens (primary N) is 2. The van der Waals surface area contributed by atoms with Crippen molar-refractivity contribution in [3.05, 3.63) is 60.2 Å². The highest BCUT2D eigenvalue weighted by molar-refractivity contribution is 6.10. The van der Waals surface area contributed by atoms with Crippen LogP contribution in [0.3, 0.4) is 0 Å². The van der Waals surface area contributed by atoms with Crippen LogP contribution in [-0.4, -0.2) is 23.0 Å². The number of benzene rings is 2. The van der Waals surface area contributed by atoms with E-state index in [1.54, 1.807) is 6.07 Å². The Morgan fingerprint density at radius 1 is 1.08 bits per heavy atom. The monoisotopic (exact) mass is 346 g/mol. The lowest BCUT2D eigenvalue weighted by Crippen LogP contribution is -2.24. The van der Waals surface area contributed by atoms with Crippen molar-refractivity contribution in [2.75, 3.05) is 0 Å². The SMILES string of the molecule is NC(N)=NC(=O)c1cc(-c2cccc(OC3CC3)c2)nc2ccccc12. The van der Waals surface area contributed by atoms with E-state index in [1.807, 2.05) is 48.5 Å². The predicted molar refractivity (Wildman–Crippen MR) is 101 cm³/mol. The van der Waals surface area contributed by atoms with Gasteiger partial charge in [-0.15, -0.1) is 0 Å². The Kier molecular flexibility index (Phi) is 4.01. The fourth-order valence-electron chi connectivity index (χ4n) is 2.78. The second-order valence-corrected chi connectivity index (χ2v) is 6.26. The molecular formula is C20H18N4O2. The van der Waals surface area contributed by atoms with Crippen LogP contribution in [0.2, 0.25) is 0 Å². The van der Waals surface area contributed by atoms with Gasteiger partial charge in [-0.05, 0) is 37.1 Å². The average Bonchev–Trinajstić information content (AvgIpc) is 3.44. The van der Waals surface area contributed by atoms with Crippen LogP contribution in [0.1, 0.15) is 23.2 Å². The number of amides is 1. The molecule has 0 saturated heterocycles. The predicted octanol–water partition coefficient (Wildman–Crippen LogP) is 2.86. The zero-order chi connectivity index (χ0) is 18.1. The van der Waals surface area contributed by atoms with E-state index in [0.717, 1.165) is 24.2 Å². The molecule has 0 aliphatic heterocycles. The molecule has 4 N–H and O–H groups in total. The molecule has 0 unspecified atom stereocenters. The molecule has 6 nitrogen and oxygen atoms in total. The Morgan fingerprint density at radius 3 is 2.65 bits per heavy atom. The number of nitrogens with zero attached hydrogens (tertiary/aromatic N) is 2. The number of hydrogen-bond acceptors (Lipinski definition) is 3. The first-order chi connectivity index (χ1) is 12.6. The zero-order valence-electron chi connectivity index (χ0n) is 14.1. The van der Waals surface area contributed by atoms with E-state index in [9.17, 15) is 4.79 Å². The number of pyridine rings is 1. The molecule has 4 rings (SSSR count). The Morgan fingerprint density at radius 2 is 1.88 bits per heavy atom. The normalized spacial score (nSPS) is 13.4. The van der Waals surface area contributed by atoms with Gasteiger partial charge in [0.2, 0.25) is 0 Å². The summed E-state index contributed by atoms with van der Waals surface area (Å²) in [5, 5.41) is 0.705.